The number of ether oxygens (including phenoxy) is 2. The number of nitrogens with zero attached hydrogens (tertiary/aromatic N) is 2. The minimum Gasteiger partial charge on any atom is -0.434 e. The van der Waals surface area contributed by atoms with Crippen LogP contribution in [0.2, 0.25) is 0 Å². The van der Waals surface area contributed by atoms with E-state index in [-0.39, 0.29) is 11.7 Å². The molecule has 2 aliphatic rings. The number of nitrogens with one attached hydrogen (secondary N) is 1. The monoisotopic (exact) mass is 425 g/mol. The third-order valence-electron chi connectivity index (χ3n) is 5.02. The zero-order valence-corrected chi connectivity index (χ0v) is 17.3. The lowest BCUT2D eigenvalue weighted by Gasteiger charge is -2.40. The zero-order valence-electron chi connectivity index (χ0n) is 16.5. The molecular weight excluding hydrogens is 400 g/mol. The first kappa shape index (κ1) is 21.4. The Morgan fingerprint density at radius 2 is 2.03 bits per heavy atom. The summed E-state index contributed by atoms with van der Waals surface area (Å²) in [5, 5.41) is 3.64. The lowest BCUT2D eigenvalue weighted by atomic mass is 9.93. The maximum Gasteiger partial charge on any atom is 0.387 e. The van der Waals surface area contributed by atoms with E-state index >= 15 is 0 Å². The van der Waals surface area contributed by atoms with Gasteiger partial charge in [-0.25, -0.2) is 0 Å². The first-order valence-electron chi connectivity index (χ1n) is 9.63. The quantitative estimate of drug-likeness (QED) is 0.707. The molecule has 0 bridgehead atoms. The Morgan fingerprint density at radius 1 is 1.34 bits per heavy atom. The van der Waals surface area contributed by atoms with E-state index in [1.807, 2.05) is 18.7 Å². The first-order chi connectivity index (χ1) is 13.9. The Hall–Kier alpha value is -2.26. The number of rotatable bonds is 6. The van der Waals surface area contributed by atoms with Crippen LogP contribution in [0.25, 0.3) is 0 Å². The standard InChI is InChI=1S/C20H25F2N3O3S/c1-3-8-25-13(2)16(18(26)24-9-11-27-12-10-24)17(23-20(25)29)14-6-4-5-7-15(14)28-19(21)22/h4-7,17,19H,3,8-12H2,1-2H3,(H,23,29). The van der Waals surface area contributed by atoms with Crippen molar-refractivity contribution in [3.8, 4) is 5.75 Å². The van der Waals surface area contributed by atoms with E-state index in [9.17, 15) is 13.6 Å². The lowest BCUT2D eigenvalue weighted by molar-refractivity contribution is -0.131. The van der Waals surface area contributed by atoms with Crippen LogP contribution in [0.5, 0.6) is 5.75 Å². The van der Waals surface area contributed by atoms with Crippen LogP contribution < -0.4 is 10.1 Å². The minimum absolute atomic E-state index is 0.0202. The molecule has 1 unspecified atom stereocenters. The maximum absolute atomic E-state index is 13.5. The molecule has 1 aromatic rings. The number of para-hydroxylation sites is 1. The molecule has 2 heterocycles. The Bertz CT molecular complexity index is 797. The predicted octanol–water partition coefficient (Wildman–Crippen LogP) is 3.06. The molecule has 1 N–H and O–H groups in total. The Labute approximate surface area is 174 Å². The van der Waals surface area contributed by atoms with Gasteiger partial charge in [0.15, 0.2) is 5.11 Å². The molecule has 0 saturated carbocycles. The highest BCUT2D eigenvalue weighted by Gasteiger charge is 2.37. The number of alkyl halides is 2. The van der Waals surface area contributed by atoms with Gasteiger partial charge in [0, 0.05) is 30.9 Å². The molecule has 1 amide bonds. The Balaban J connectivity index is 2.07. The molecule has 0 spiro atoms. The van der Waals surface area contributed by atoms with E-state index in [0.29, 0.717) is 49.1 Å². The molecule has 158 valence electrons. The first-order valence-corrected chi connectivity index (χ1v) is 10.0. The van der Waals surface area contributed by atoms with Crippen LogP contribution in [0.15, 0.2) is 35.5 Å². The van der Waals surface area contributed by atoms with Gasteiger partial charge in [0.2, 0.25) is 0 Å². The molecule has 1 fully saturated rings. The molecule has 1 saturated heterocycles. The number of thiocarbonyl (C=S) groups is 1. The SMILES string of the molecule is CCCN1C(=S)NC(c2ccccc2OC(F)F)C(C(=O)N2CCOCC2)=C1C. The third-order valence-corrected chi connectivity index (χ3v) is 5.36. The fourth-order valence-corrected chi connectivity index (χ4v) is 3.99. The highest BCUT2D eigenvalue weighted by atomic mass is 32.1. The van der Waals surface area contributed by atoms with Crippen molar-refractivity contribution in [1.82, 2.24) is 15.1 Å². The molecule has 0 aromatic heterocycles. The molecule has 2 aliphatic heterocycles. The van der Waals surface area contributed by atoms with Gasteiger partial charge in [0.05, 0.1) is 24.8 Å². The van der Waals surface area contributed by atoms with E-state index < -0.39 is 12.7 Å². The van der Waals surface area contributed by atoms with Gasteiger partial charge in [-0.3, -0.25) is 4.79 Å². The highest BCUT2D eigenvalue weighted by Crippen LogP contribution is 2.37. The number of halogens is 2. The fourth-order valence-electron chi connectivity index (χ4n) is 3.64. The van der Waals surface area contributed by atoms with Crippen molar-refractivity contribution < 1.29 is 23.0 Å². The molecule has 0 aliphatic carbocycles. The van der Waals surface area contributed by atoms with E-state index in [1.54, 1.807) is 23.1 Å². The third kappa shape index (κ3) is 4.67. The van der Waals surface area contributed by atoms with Crippen LogP contribution in [-0.4, -0.2) is 60.3 Å². The summed E-state index contributed by atoms with van der Waals surface area (Å²) in [6, 6.07) is 5.81. The number of morpholine rings is 1. The van der Waals surface area contributed by atoms with Crippen LogP contribution in [0, 0.1) is 0 Å². The summed E-state index contributed by atoms with van der Waals surface area (Å²) in [5.41, 5.74) is 1.66. The van der Waals surface area contributed by atoms with Crippen LogP contribution >= 0.6 is 12.2 Å². The van der Waals surface area contributed by atoms with Gasteiger partial charge in [-0.1, -0.05) is 25.1 Å². The van der Waals surface area contributed by atoms with Gasteiger partial charge < -0.3 is 24.6 Å². The van der Waals surface area contributed by atoms with E-state index in [0.717, 1.165) is 12.1 Å². The number of hydrogen-bond acceptors (Lipinski definition) is 4. The Kier molecular flexibility index (Phi) is 7.02. The smallest absolute Gasteiger partial charge is 0.387 e. The predicted molar refractivity (Wildman–Crippen MR) is 109 cm³/mol. The number of hydrogen-bond donors (Lipinski definition) is 1. The Morgan fingerprint density at radius 3 is 2.69 bits per heavy atom. The zero-order chi connectivity index (χ0) is 21.0. The minimum atomic E-state index is -2.97. The van der Waals surface area contributed by atoms with Crippen LogP contribution in [0.1, 0.15) is 31.9 Å². The van der Waals surface area contributed by atoms with Crippen molar-refractivity contribution in [1.29, 1.82) is 0 Å². The van der Waals surface area contributed by atoms with Crippen molar-refractivity contribution in [3.63, 3.8) is 0 Å². The van der Waals surface area contributed by atoms with Gasteiger partial charge in [0.25, 0.3) is 5.91 Å². The summed E-state index contributed by atoms with van der Waals surface area (Å²) in [5.74, 6) is -0.134. The van der Waals surface area contributed by atoms with Crippen LogP contribution in [0.3, 0.4) is 0 Å². The average molecular weight is 426 g/mol. The molecule has 29 heavy (non-hydrogen) atoms. The van der Waals surface area contributed by atoms with Gasteiger partial charge in [0.1, 0.15) is 5.75 Å². The summed E-state index contributed by atoms with van der Waals surface area (Å²) in [4.78, 5) is 17.1. The summed E-state index contributed by atoms with van der Waals surface area (Å²) in [6.07, 6.45) is 0.841. The summed E-state index contributed by atoms with van der Waals surface area (Å²) >= 11 is 5.52. The van der Waals surface area contributed by atoms with E-state index in [1.165, 1.54) is 6.07 Å². The van der Waals surface area contributed by atoms with E-state index in [4.69, 9.17) is 21.7 Å². The molecule has 3 rings (SSSR count). The molecule has 1 aromatic carbocycles. The second kappa shape index (κ2) is 9.49. The number of carbonyl (C=O) groups excluding carboxylic acids is 1. The lowest BCUT2D eigenvalue weighted by Crippen LogP contribution is -2.51. The van der Waals surface area contributed by atoms with E-state index in [2.05, 4.69) is 5.32 Å². The normalized spacial score (nSPS) is 20.2. The van der Waals surface area contributed by atoms with Crippen LogP contribution in [0.4, 0.5) is 8.78 Å². The highest BCUT2D eigenvalue weighted by molar-refractivity contribution is 7.80. The molecular formula is C20H25F2N3O3S. The van der Waals surface area contributed by atoms with Gasteiger partial charge in [-0.15, -0.1) is 0 Å². The molecule has 9 heteroatoms. The molecule has 1 atom stereocenters. The van der Waals surface area contributed by atoms with Crippen molar-refractivity contribution in [2.45, 2.75) is 32.9 Å². The van der Waals surface area contributed by atoms with Gasteiger partial charge >= 0.3 is 6.61 Å². The van der Waals surface area contributed by atoms with Gasteiger partial charge in [-0.05, 0) is 31.6 Å². The van der Waals surface area contributed by atoms with Crippen LogP contribution in [-0.2, 0) is 9.53 Å². The fraction of sp³-hybridized carbons (Fsp3) is 0.500. The second-order valence-electron chi connectivity index (χ2n) is 6.85. The summed E-state index contributed by atoms with van der Waals surface area (Å²) in [6.45, 7) is 3.46. The van der Waals surface area contributed by atoms with Crippen molar-refractivity contribution >= 4 is 23.2 Å². The topological polar surface area (TPSA) is 54.0 Å². The van der Waals surface area contributed by atoms with Crippen molar-refractivity contribution in [3.05, 3.63) is 41.1 Å². The molecule has 0 radical (unpaired) electrons. The number of benzene rings is 1. The number of carbonyl (C=O) groups is 1. The largest absolute Gasteiger partial charge is 0.434 e. The summed E-state index contributed by atoms with van der Waals surface area (Å²) in [7, 11) is 0. The summed E-state index contributed by atoms with van der Waals surface area (Å²) < 4.78 is 36.0. The maximum atomic E-state index is 13.5. The van der Waals surface area contributed by atoms with Crippen molar-refractivity contribution in [2.24, 2.45) is 0 Å². The second-order valence-corrected chi connectivity index (χ2v) is 7.24. The van der Waals surface area contributed by atoms with Crippen molar-refractivity contribution in [2.75, 3.05) is 32.8 Å². The number of amides is 1. The molecule has 6 nitrogen and oxygen atoms in total. The number of allylic oxidation sites excluding steroid dienone is 1. The average Bonchev–Trinajstić information content (AvgIpc) is 2.71. The van der Waals surface area contributed by atoms with Gasteiger partial charge in [-0.2, -0.15) is 8.78 Å².